The van der Waals surface area contributed by atoms with Crippen LogP contribution in [0.3, 0.4) is 0 Å². The molecule has 0 aliphatic heterocycles. The Balaban J connectivity index is 2.43. The summed E-state index contributed by atoms with van der Waals surface area (Å²) in [7, 11) is 0. The summed E-state index contributed by atoms with van der Waals surface area (Å²) in [6, 6.07) is 0. The smallest absolute Gasteiger partial charge is 0.378 e. The van der Waals surface area contributed by atoms with Crippen LogP contribution in [0.25, 0.3) is 0 Å². The topological polar surface area (TPSA) is 79.1 Å². The lowest BCUT2D eigenvalue weighted by Gasteiger charge is -2.07. The van der Waals surface area contributed by atoms with Gasteiger partial charge < -0.3 is 9.47 Å². The minimum Gasteiger partial charge on any atom is -0.460 e. The van der Waals surface area contributed by atoms with Crippen molar-refractivity contribution in [3.8, 4) is 0 Å². The molecule has 7 nitrogen and oxygen atoms in total. The Kier molecular flexibility index (Phi) is 5.55. The molecule has 0 aliphatic carbocycles. The van der Waals surface area contributed by atoms with E-state index in [9.17, 15) is 4.79 Å². The molecule has 0 atom stereocenters. The van der Waals surface area contributed by atoms with E-state index in [4.69, 9.17) is 9.47 Å². The molecule has 1 aromatic heterocycles. The number of esters is 1. The van der Waals surface area contributed by atoms with Crippen LogP contribution in [-0.4, -0.2) is 46.0 Å². The summed E-state index contributed by atoms with van der Waals surface area (Å²) in [4.78, 5) is 11.4. The quantitative estimate of drug-likeness (QED) is 0.512. The standard InChI is InChI=1S/C10H18N4O3/c1-4-17-10(15)9-11-12-13-14(9)5-6-16-7-8(2)3/h8H,4-7H2,1-3H3. The van der Waals surface area contributed by atoms with Gasteiger partial charge in [-0.25, -0.2) is 9.48 Å². The number of hydrogen-bond acceptors (Lipinski definition) is 6. The maximum absolute atomic E-state index is 11.4. The molecule has 0 saturated heterocycles. The SMILES string of the molecule is CCOC(=O)c1nnnn1CCOCC(C)C. The number of carbonyl (C=O) groups excluding carboxylic acids is 1. The monoisotopic (exact) mass is 242 g/mol. The Morgan fingerprint density at radius 1 is 1.47 bits per heavy atom. The predicted molar refractivity (Wildman–Crippen MR) is 59.4 cm³/mol. The fourth-order valence-corrected chi connectivity index (χ4v) is 1.17. The second kappa shape index (κ2) is 6.95. The van der Waals surface area contributed by atoms with Gasteiger partial charge in [-0.15, -0.1) is 5.10 Å². The summed E-state index contributed by atoms with van der Waals surface area (Å²) in [5, 5.41) is 10.8. The molecule has 0 N–H and O–H groups in total. The predicted octanol–water partition coefficient (Wildman–Crippen LogP) is 0.522. The van der Waals surface area contributed by atoms with Gasteiger partial charge in [-0.05, 0) is 23.3 Å². The van der Waals surface area contributed by atoms with Crippen molar-refractivity contribution < 1.29 is 14.3 Å². The molecule has 0 unspecified atom stereocenters. The molecule has 0 aromatic carbocycles. The lowest BCUT2D eigenvalue weighted by Crippen LogP contribution is -2.17. The van der Waals surface area contributed by atoms with Crippen molar-refractivity contribution in [3.63, 3.8) is 0 Å². The normalized spacial score (nSPS) is 10.8. The maximum atomic E-state index is 11.4. The van der Waals surface area contributed by atoms with Crippen molar-refractivity contribution in [3.05, 3.63) is 5.82 Å². The number of hydrogen-bond donors (Lipinski definition) is 0. The fraction of sp³-hybridized carbons (Fsp3) is 0.800. The number of aromatic nitrogens is 4. The molecule has 0 bridgehead atoms. The van der Waals surface area contributed by atoms with Crippen molar-refractivity contribution in [1.82, 2.24) is 20.2 Å². The Bertz CT molecular complexity index is 351. The van der Waals surface area contributed by atoms with Crippen LogP contribution in [0, 0.1) is 5.92 Å². The highest BCUT2D eigenvalue weighted by molar-refractivity contribution is 5.85. The number of rotatable bonds is 7. The van der Waals surface area contributed by atoms with E-state index in [0.29, 0.717) is 32.3 Å². The number of ether oxygens (including phenoxy) is 2. The third-order valence-electron chi connectivity index (χ3n) is 1.89. The van der Waals surface area contributed by atoms with Gasteiger partial charge >= 0.3 is 5.97 Å². The third-order valence-corrected chi connectivity index (χ3v) is 1.89. The van der Waals surface area contributed by atoms with E-state index in [1.54, 1.807) is 6.92 Å². The Morgan fingerprint density at radius 2 is 2.24 bits per heavy atom. The Hall–Kier alpha value is -1.50. The average molecular weight is 242 g/mol. The highest BCUT2D eigenvalue weighted by Crippen LogP contribution is 1.97. The van der Waals surface area contributed by atoms with E-state index in [1.807, 2.05) is 0 Å². The summed E-state index contributed by atoms with van der Waals surface area (Å²) < 4.78 is 11.6. The van der Waals surface area contributed by atoms with Gasteiger partial charge in [0.1, 0.15) is 0 Å². The number of tetrazole rings is 1. The average Bonchev–Trinajstić information content (AvgIpc) is 2.72. The molecule has 0 amide bonds. The van der Waals surface area contributed by atoms with Gasteiger partial charge in [-0.1, -0.05) is 13.8 Å². The molecular formula is C10H18N4O3. The minimum absolute atomic E-state index is 0.111. The lowest BCUT2D eigenvalue weighted by molar-refractivity contribution is 0.0497. The van der Waals surface area contributed by atoms with Crippen molar-refractivity contribution in [2.24, 2.45) is 5.92 Å². The molecule has 96 valence electrons. The second-order valence-electron chi connectivity index (χ2n) is 3.91. The van der Waals surface area contributed by atoms with E-state index in [0.717, 1.165) is 0 Å². The van der Waals surface area contributed by atoms with E-state index in [1.165, 1.54) is 4.68 Å². The molecule has 0 saturated carbocycles. The summed E-state index contributed by atoms with van der Waals surface area (Å²) in [5.74, 6) is 0.0785. The lowest BCUT2D eigenvalue weighted by atomic mass is 10.2. The maximum Gasteiger partial charge on any atom is 0.378 e. The summed E-state index contributed by atoms with van der Waals surface area (Å²) in [5.41, 5.74) is 0. The molecule has 0 fully saturated rings. The minimum atomic E-state index is -0.513. The first kappa shape index (κ1) is 13.6. The fourth-order valence-electron chi connectivity index (χ4n) is 1.17. The third kappa shape index (κ3) is 4.48. The van der Waals surface area contributed by atoms with Crippen molar-refractivity contribution in [2.75, 3.05) is 19.8 Å². The van der Waals surface area contributed by atoms with Gasteiger partial charge in [0.15, 0.2) is 0 Å². The van der Waals surface area contributed by atoms with Crippen LogP contribution in [-0.2, 0) is 16.0 Å². The molecule has 0 spiro atoms. The van der Waals surface area contributed by atoms with Gasteiger partial charge in [0.2, 0.25) is 0 Å². The van der Waals surface area contributed by atoms with Crippen LogP contribution in [0.4, 0.5) is 0 Å². The zero-order valence-electron chi connectivity index (χ0n) is 10.4. The Labute approximate surface area is 100 Å². The van der Waals surface area contributed by atoms with Crippen molar-refractivity contribution in [1.29, 1.82) is 0 Å². The first-order valence-corrected chi connectivity index (χ1v) is 5.66. The highest BCUT2D eigenvalue weighted by atomic mass is 16.5. The van der Waals surface area contributed by atoms with Crippen LogP contribution >= 0.6 is 0 Å². The first-order chi connectivity index (χ1) is 8.15. The number of carbonyl (C=O) groups is 1. The molecule has 17 heavy (non-hydrogen) atoms. The van der Waals surface area contributed by atoms with Crippen LogP contribution in [0.5, 0.6) is 0 Å². The molecule has 0 radical (unpaired) electrons. The van der Waals surface area contributed by atoms with Crippen molar-refractivity contribution >= 4 is 5.97 Å². The van der Waals surface area contributed by atoms with E-state index >= 15 is 0 Å². The summed E-state index contributed by atoms with van der Waals surface area (Å²) >= 11 is 0. The van der Waals surface area contributed by atoms with Crippen molar-refractivity contribution in [2.45, 2.75) is 27.3 Å². The molecule has 1 rings (SSSR count). The molecule has 7 heteroatoms. The summed E-state index contributed by atoms with van der Waals surface area (Å²) in [6.07, 6.45) is 0. The second-order valence-corrected chi connectivity index (χ2v) is 3.91. The molecule has 0 aliphatic rings. The van der Waals surface area contributed by atoms with E-state index in [2.05, 4.69) is 29.4 Å². The molecule has 1 aromatic rings. The largest absolute Gasteiger partial charge is 0.460 e. The zero-order valence-corrected chi connectivity index (χ0v) is 10.4. The zero-order chi connectivity index (χ0) is 12.7. The first-order valence-electron chi connectivity index (χ1n) is 5.66. The van der Waals surface area contributed by atoms with Gasteiger partial charge in [-0.3, -0.25) is 0 Å². The van der Waals surface area contributed by atoms with E-state index in [-0.39, 0.29) is 5.82 Å². The van der Waals surface area contributed by atoms with Crippen LogP contribution in [0.15, 0.2) is 0 Å². The number of nitrogens with zero attached hydrogens (tertiary/aromatic N) is 4. The van der Waals surface area contributed by atoms with Gasteiger partial charge in [0.05, 0.1) is 19.8 Å². The molecular weight excluding hydrogens is 224 g/mol. The molecule has 1 heterocycles. The van der Waals surface area contributed by atoms with Crippen LogP contribution < -0.4 is 0 Å². The van der Waals surface area contributed by atoms with Crippen LogP contribution in [0.2, 0.25) is 0 Å². The van der Waals surface area contributed by atoms with Crippen LogP contribution in [0.1, 0.15) is 31.4 Å². The van der Waals surface area contributed by atoms with Gasteiger partial charge in [0.25, 0.3) is 5.82 Å². The highest BCUT2D eigenvalue weighted by Gasteiger charge is 2.16. The van der Waals surface area contributed by atoms with Gasteiger partial charge in [-0.2, -0.15) is 0 Å². The Morgan fingerprint density at radius 3 is 2.88 bits per heavy atom. The van der Waals surface area contributed by atoms with Gasteiger partial charge in [0, 0.05) is 6.61 Å². The summed E-state index contributed by atoms with van der Waals surface area (Å²) in [6.45, 7) is 7.76. The van der Waals surface area contributed by atoms with E-state index < -0.39 is 5.97 Å².